The summed E-state index contributed by atoms with van der Waals surface area (Å²) >= 11 is 0. The minimum absolute atomic E-state index is 0.0139. The number of amidine groups is 1. The van der Waals surface area contributed by atoms with E-state index in [0.29, 0.717) is 25.2 Å². The van der Waals surface area contributed by atoms with Crippen LogP contribution in [0.5, 0.6) is 0 Å². The fourth-order valence-corrected chi connectivity index (χ4v) is 8.56. The molecule has 0 spiro atoms. The topological polar surface area (TPSA) is 118 Å². The van der Waals surface area contributed by atoms with Crippen molar-refractivity contribution in [1.29, 1.82) is 0 Å². The van der Waals surface area contributed by atoms with Crippen LogP contribution in [0.15, 0.2) is 29.2 Å². The number of unbranched alkanes of at least 4 members (excludes halogenated alkanes) is 23. The Labute approximate surface area is 397 Å². The lowest BCUT2D eigenvalue weighted by atomic mass is 10.0. The molecule has 9 heteroatoms. The Kier molecular flexibility index (Phi) is 45.1. The zero-order valence-corrected chi connectivity index (χ0v) is 43.3. The van der Waals surface area contributed by atoms with Gasteiger partial charge >= 0.3 is 11.9 Å². The molecule has 0 aliphatic carbocycles. The maximum Gasteiger partial charge on any atom is 0.306 e. The smallest absolute Gasteiger partial charge is 0.306 e. The summed E-state index contributed by atoms with van der Waals surface area (Å²) in [6.07, 6.45) is 41.7. The van der Waals surface area contributed by atoms with Gasteiger partial charge < -0.3 is 30.7 Å². The predicted octanol–water partition coefficient (Wildman–Crippen LogP) is 14.8. The van der Waals surface area contributed by atoms with Gasteiger partial charge in [0.05, 0.1) is 5.70 Å². The van der Waals surface area contributed by atoms with Crippen molar-refractivity contribution >= 4 is 17.8 Å². The number of aliphatic imine (C=N–C) groups is 1. The Morgan fingerprint density at radius 3 is 1.39 bits per heavy atom. The van der Waals surface area contributed by atoms with Crippen molar-refractivity contribution in [3.63, 3.8) is 0 Å². The van der Waals surface area contributed by atoms with E-state index in [4.69, 9.17) is 20.2 Å². The molecule has 4 N–H and O–H groups in total. The third-order valence-corrected chi connectivity index (χ3v) is 12.6. The molecule has 0 fully saturated rings. The maximum atomic E-state index is 12.9. The number of hydrogen-bond donors (Lipinski definition) is 3. The van der Waals surface area contributed by atoms with Crippen molar-refractivity contribution in [2.24, 2.45) is 10.7 Å². The van der Waals surface area contributed by atoms with Crippen molar-refractivity contribution in [2.45, 2.75) is 278 Å². The first kappa shape index (κ1) is 61.5. The summed E-state index contributed by atoms with van der Waals surface area (Å²) in [4.78, 5) is 32.8. The lowest BCUT2D eigenvalue weighted by Gasteiger charge is -2.22. The van der Waals surface area contributed by atoms with Crippen LogP contribution in [-0.2, 0) is 19.1 Å². The number of carbonyl (C=O) groups excluding carboxylic acids is 2. The van der Waals surface area contributed by atoms with Gasteiger partial charge in [-0.3, -0.25) is 14.6 Å². The molecule has 0 radical (unpaired) electrons. The second-order valence-electron chi connectivity index (χ2n) is 18.7. The van der Waals surface area contributed by atoms with Crippen molar-refractivity contribution in [3.05, 3.63) is 24.2 Å². The molecule has 0 aliphatic heterocycles. The molecule has 0 aromatic rings. The van der Waals surface area contributed by atoms with Crippen LogP contribution >= 0.6 is 0 Å². The molecule has 0 amide bonds. The van der Waals surface area contributed by atoms with E-state index in [1.165, 1.54) is 122 Å². The Morgan fingerprint density at radius 1 is 0.562 bits per heavy atom. The SMILES string of the molecule is C=CN/C(C(N)=NCCCN(CCCCCCCC(=O)OC(CC)CCCCCCCC)CCCCCCCC(=O)OC(CCCCCCCC)CCCCCCCC)=C(\C)NCC. The van der Waals surface area contributed by atoms with E-state index in [-0.39, 0.29) is 24.1 Å². The Bertz CT molecular complexity index is 1130. The molecule has 0 bridgehead atoms. The maximum absolute atomic E-state index is 12.9. The number of nitrogens with two attached hydrogens (primary N) is 1. The van der Waals surface area contributed by atoms with Gasteiger partial charge in [-0.15, -0.1) is 0 Å². The van der Waals surface area contributed by atoms with Gasteiger partial charge in [-0.05, 0) is 117 Å². The number of nitrogens with zero attached hydrogens (tertiary/aromatic N) is 2. The fraction of sp³-hybridized carbons (Fsp3) is 0.873. The summed E-state index contributed by atoms with van der Waals surface area (Å²) in [6, 6.07) is 0. The van der Waals surface area contributed by atoms with Gasteiger partial charge in [-0.2, -0.15) is 0 Å². The van der Waals surface area contributed by atoms with Gasteiger partial charge in [0.2, 0.25) is 0 Å². The highest BCUT2D eigenvalue weighted by molar-refractivity contribution is 5.97. The highest BCUT2D eigenvalue weighted by atomic mass is 16.5. The molecule has 0 aromatic carbocycles. The number of ether oxygens (including phenoxy) is 2. The van der Waals surface area contributed by atoms with Gasteiger partial charge in [0.1, 0.15) is 18.0 Å². The minimum atomic E-state index is -0.0156. The average molecular weight is 902 g/mol. The summed E-state index contributed by atoms with van der Waals surface area (Å²) in [5.41, 5.74) is 8.15. The van der Waals surface area contributed by atoms with E-state index >= 15 is 0 Å². The van der Waals surface area contributed by atoms with E-state index in [2.05, 4.69) is 56.7 Å². The van der Waals surface area contributed by atoms with Gasteiger partial charge in [0.25, 0.3) is 0 Å². The molecule has 9 nitrogen and oxygen atoms in total. The van der Waals surface area contributed by atoms with Crippen molar-refractivity contribution in [3.8, 4) is 0 Å². The fourth-order valence-electron chi connectivity index (χ4n) is 8.56. The van der Waals surface area contributed by atoms with Crippen molar-refractivity contribution in [2.75, 3.05) is 32.7 Å². The van der Waals surface area contributed by atoms with Crippen LogP contribution in [0, 0.1) is 0 Å². The molecule has 64 heavy (non-hydrogen) atoms. The minimum Gasteiger partial charge on any atom is -0.462 e. The van der Waals surface area contributed by atoms with Crippen LogP contribution in [0.25, 0.3) is 0 Å². The van der Waals surface area contributed by atoms with E-state index < -0.39 is 0 Å². The number of esters is 2. The standard InChI is InChI=1S/C55H107N5O4/c1-8-14-17-20-25-32-40-50(11-4)63-52(61)43-35-28-23-30-37-46-60(48-39-45-59-55(56)54(58-13-6)49(7)57-12-5)47-38-31-24-29-36-44-53(62)64-51(41-33-26-21-18-15-9-2)42-34-27-22-19-16-10-3/h13,50-51,57-58H,6,8-12,14-48H2,1-5,7H3,(H2,56,59)/b54-49+. The third kappa shape index (κ3) is 38.7. The Morgan fingerprint density at radius 2 is 0.953 bits per heavy atom. The first-order valence-corrected chi connectivity index (χ1v) is 27.5. The zero-order valence-electron chi connectivity index (χ0n) is 43.3. The third-order valence-electron chi connectivity index (χ3n) is 12.6. The molecular formula is C55H107N5O4. The lowest BCUT2D eigenvalue weighted by Crippen LogP contribution is -2.30. The zero-order chi connectivity index (χ0) is 47.1. The molecule has 0 aromatic heterocycles. The van der Waals surface area contributed by atoms with Gasteiger partial charge in [0, 0.05) is 31.6 Å². The average Bonchev–Trinajstić information content (AvgIpc) is 3.28. The number of rotatable bonds is 49. The van der Waals surface area contributed by atoms with Gasteiger partial charge in [0.15, 0.2) is 0 Å². The summed E-state index contributed by atoms with van der Waals surface area (Å²) in [5, 5.41) is 6.48. The molecule has 1 atom stereocenters. The molecule has 0 aliphatic rings. The molecule has 376 valence electrons. The first-order chi connectivity index (χ1) is 31.3. The van der Waals surface area contributed by atoms with Crippen LogP contribution in [0.4, 0.5) is 0 Å². The molecular weight excluding hydrogens is 795 g/mol. The highest BCUT2D eigenvalue weighted by Crippen LogP contribution is 2.19. The van der Waals surface area contributed by atoms with E-state index in [1.807, 2.05) is 6.92 Å². The summed E-state index contributed by atoms with van der Waals surface area (Å²) in [7, 11) is 0. The highest BCUT2D eigenvalue weighted by Gasteiger charge is 2.15. The number of nitrogens with one attached hydrogen (secondary N) is 2. The molecule has 0 saturated carbocycles. The summed E-state index contributed by atoms with van der Waals surface area (Å²) in [5.74, 6) is 0.505. The summed E-state index contributed by atoms with van der Waals surface area (Å²) < 4.78 is 11.9. The van der Waals surface area contributed by atoms with Crippen LogP contribution in [0.1, 0.15) is 266 Å². The predicted molar refractivity (Wildman–Crippen MR) is 277 cm³/mol. The molecule has 0 saturated heterocycles. The number of carbonyl (C=O) groups is 2. The first-order valence-electron chi connectivity index (χ1n) is 27.5. The number of allylic oxidation sites excluding steroid dienone is 1. The van der Waals surface area contributed by atoms with Gasteiger partial charge in [-0.25, -0.2) is 0 Å². The van der Waals surface area contributed by atoms with E-state index in [1.54, 1.807) is 6.20 Å². The monoisotopic (exact) mass is 902 g/mol. The van der Waals surface area contributed by atoms with E-state index in [0.717, 1.165) is 127 Å². The summed E-state index contributed by atoms with van der Waals surface area (Å²) in [6.45, 7) is 21.4. The van der Waals surface area contributed by atoms with Gasteiger partial charge in [-0.1, -0.05) is 169 Å². The quantitative estimate of drug-likeness (QED) is 0.0239. The van der Waals surface area contributed by atoms with Crippen LogP contribution in [0.2, 0.25) is 0 Å². The Balaban J connectivity index is 4.85. The van der Waals surface area contributed by atoms with Crippen molar-refractivity contribution in [1.82, 2.24) is 15.5 Å². The van der Waals surface area contributed by atoms with Crippen LogP contribution in [0.3, 0.4) is 0 Å². The van der Waals surface area contributed by atoms with Crippen LogP contribution in [-0.4, -0.2) is 67.6 Å². The largest absolute Gasteiger partial charge is 0.462 e. The van der Waals surface area contributed by atoms with E-state index in [9.17, 15) is 9.59 Å². The second-order valence-corrected chi connectivity index (χ2v) is 18.7. The molecule has 1 unspecified atom stereocenters. The molecule has 0 heterocycles. The normalized spacial score (nSPS) is 12.7. The second kappa shape index (κ2) is 47.0. The molecule has 0 rings (SSSR count). The lowest BCUT2D eigenvalue weighted by molar-refractivity contribution is -0.150. The number of hydrogen-bond acceptors (Lipinski definition) is 8. The van der Waals surface area contributed by atoms with Crippen molar-refractivity contribution < 1.29 is 19.1 Å². The Hall–Kier alpha value is -2.55. The van der Waals surface area contributed by atoms with Crippen LogP contribution < -0.4 is 16.4 Å².